The van der Waals surface area contributed by atoms with Crippen molar-refractivity contribution in [2.75, 3.05) is 5.75 Å². The van der Waals surface area contributed by atoms with Crippen LogP contribution in [0.2, 0.25) is 0 Å². The van der Waals surface area contributed by atoms with Gasteiger partial charge in [0.2, 0.25) is 0 Å². The van der Waals surface area contributed by atoms with Gasteiger partial charge in [0.05, 0.1) is 5.75 Å². The molecule has 8 heteroatoms. The Morgan fingerprint density at radius 1 is 1.55 bits per heavy atom. The molecule has 0 atom stereocenters. The normalized spacial score (nSPS) is 11.9. The largest absolute Gasteiger partial charge is 0.401 e. The summed E-state index contributed by atoms with van der Waals surface area (Å²) in [6.45, 7) is 1.54. The minimum Gasteiger partial charge on any atom is -0.401 e. The van der Waals surface area contributed by atoms with E-state index in [1.54, 1.807) is 18.3 Å². The Hall–Kier alpha value is -2.11. The molecule has 6 nitrogen and oxygen atoms in total. The summed E-state index contributed by atoms with van der Waals surface area (Å²) >= 11 is 2.92. The van der Waals surface area contributed by atoms with Crippen LogP contribution in [0.4, 0.5) is 0 Å². The molecule has 0 aliphatic carbocycles. The monoisotopic (exact) mass is 333 g/mol. The lowest BCUT2D eigenvalue weighted by atomic mass is 10.2. The van der Waals surface area contributed by atoms with E-state index >= 15 is 0 Å². The van der Waals surface area contributed by atoms with Crippen molar-refractivity contribution in [2.24, 2.45) is 12.8 Å². The van der Waals surface area contributed by atoms with E-state index in [0.29, 0.717) is 11.6 Å². The van der Waals surface area contributed by atoms with Gasteiger partial charge in [-0.15, -0.1) is 21.5 Å². The molecule has 0 bridgehead atoms. The molecule has 0 spiro atoms. The van der Waals surface area contributed by atoms with Crippen LogP contribution in [-0.4, -0.2) is 26.3 Å². The van der Waals surface area contributed by atoms with Gasteiger partial charge < -0.3 is 10.3 Å². The van der Waals surface area contributed by atoms with Crippen molar-refractivity contribution in [1.82, 2.24) is 14.8 Å². The summed E-state index contributed by atoms with van der Waals surface area (Å²) in [4.78, 5) is 13.1. The number of allylic oxidation sites excluding steroid dienone is 2. The van der Waals surface area contributed by atoms with Crippen molar-refractivity contribution >= 4 is 28.9 Å². The minimum absolute atomic E-state index is 0.00785. The van der Waals surface area contributed by atoms with Crippen molar-refractivity contribution < 1.29 is 4.79 Å². The lowest BCUT2D eigenvalue weighted by Crippen LogP contribution is -2.10. The number of nitrogens with two attached hydrogens (primary N) is 1. The summed E-state index contributed by atoms with van der Waals surface area (Å²) < 4.78 is 1.86. The fourth-order valence-electron chi connectivity index (χ4n) is 1.77. The molecule has 0 saturated carbocycles. The van der Waals surface area contributed by atoms with Crippen LogP contribution in [0.15, 0.2) is 33.9 Å². The van der Waals surface area contributed by atoms with E-state index in [1.807, 2.05) is 35.2 Å². The number of nitrogens with zero attached hydrogens (tertiary/aromatic N) is 4. The van der Waals surface area contributed by atoms with Crippen LogP contribution < -0.4 is 5.73 Å². The molecule has 2 rings (SSSR count). The zero-order valence-electron chi connectivity index (χ0n) is 12.2. The van der Waals surface area contributed by atoms with Crippen molar-refractivity contribution in [3.05, 3.63) is 39.5 Å². The highest BCUT2D eigenvalue weighted by molar-refractivity contribution is 7.99. The van der Waals surface area contributed by atoms with E-state index in [9.17, 15) is 4.79 Å². The molecule has 0 unspecified atom stereocenters. The van der Waals surface area contributed by atoms with Gasteiger partial charge in [-0.05, 0) is 18.4 Å². The first-order valence-corrected chi connectivity index (χ1v) is 8.32. The van der Waals surface area contributed by atoms with E-state index in [2.05, 4.69) is 10.2 Å². The first-order valence-electron chi connectivity index (χ1n) is 6.46. The van der Waals surface area contributed by atoms with Crippen LogP contribution in [0.5, 0.6) is 0 Å². The number of ketones is 1. The van der Waals surface area contributed by atoms with Crippen molar-refractivity contribution in [1.29, 1.82) is 5.26 Å². The smallest absolute Gasteiger partial charge is 0.191 e. The summed E-state index contributed by atoms with van der Waals surface area (Å²) in [5.74, 6) is 0.654. The minimum atomic E-state index is -0.296. The molecular weight excluding hydrogens is 318 g/mol. The highest BCUT2D eigenvalue weighted by atomic mass is 32.2. The number of rotatable bonds is 6. The molecule has 0 radical (unpaired) electrons. The standard InChI is InChI=1S/C14H15N5OS2/c1-9(16)11(7-15)12(20)8-22-14-18-17-13(19(14)2)6-10-4-3-5-21-10/h3-5H,6,8,16H2,1-2H3. The Kier molecular flexibility index (Phi) is 5.35. The van der Waals surface area contributed by atoms with Crippen molar-refractivity contribution in [3.8, 4) is 6.07 Å². The number of aromatic nitrogens is 3. The van der Waals surface area contributed by atoms with Crippen LogP contribution in [0.3, 0.4) is 0 Å². The molecule has 0 amide bonds. The lowest BCUT2D eigenvalue weighted by molar-refractivity contribution is -0.112. The molecule has 0 fully saturated rings. The lowest BCUT2D eigenvalue weighted by Gasteiger charge is -2.03. The summed E-state index contributed by atoms with van der Waals surface area (Å²) in [5, 5.41) is 19.8. The highest BCUT2D eigenvalue weighted by Crippen LogP contribution is 2.20. The van der Waals surface area contributed by atoms with Gasteiger partial charge in [-0.1, -0.05) is 17.8 Å². The number of thioether (sulfide) groups is 1. The fraction of sp³-hybridized carbons (Fsp3) is 0.286. The first-order chi connectivity index (χ1) is 10.5. The van der Waals surface area contributed by atoms with Crippen LogP contribution in [0.1, 0.15) is 17.6 Å². The fourth-order valence-corrected chi connectivity index (χ4v) is 3.27. The molecule has 22 heavy (non-hydrogen) atoms. The predicted molar refractivity (Wildman–Crippen MR) is 86.4 cm³/mol. The van der Waals surface area contributed by atoms with Crippen LogP contribution in [0.25, 0.3) is 0 Å². The number of carbonyl (C=O) groups excluding carboxylic acids is 1. The molecule has 2 heterocycles. The van der Waals surface area contributed by atoms with Gasteiger partial charge in [0.1, 0.15) is 17.5 Å². The molecule has 0 aromatic carbocycles. The average molecular weight is 333 g/mol. The van der Waals surface area contributed by atoms with E-state index in [0.717, 1.165) is 5.82 Å². The van der Waals surface area contributed by atoms with Gasteiger partial charge in [0.25, 0.3) is 0 Å². The van der Waals surface area contributed by atoms with E-state index in [1.165, 1.54) is 16.6 Å². The Balaban J connectivity index is 2.03. The summed E-state index contributed by atoms with van der Waals surface area (Å²) in [6.07, 6.45) is 0.709. The zero-order valence-corrected chi connectivity index (χ0v) is 13.9. The second kappa shape index (κ2) is 7.24. The SMILES string of the molecule is CC(N)=C(C#N)C(=O)CSc1nnc(Cc2cccs2)n1C. The summed E-state index contributed by atoms with van der Waals surface area (Å²) in [6, 6.07) is 5.88. The Morgan fingerprint density at radius 3 is 2.91 bits per heavy atom. The second-order valence-electron chi connectivity index (χ2n) is 4.60. The Bertz CT molecular complexity index is 736. The topological polar surface area (TPSA) is 97.6 Å². The molecule has 2 N–H and O–H groups in total. The number of hydrogen-bond donors (Lipinski definition) is 1. The maximum absolute atomic E-state index is 11.9. The van der Waals surface area contributed by atoms with Gasteiger partial charge in [-0.3, -0.25) is 4.79 Å². The van der Waals surface area contributed by atoms with Crippen LogP contribution >= 0.6 is 23.1 Å². The Labute approximate surface area is 136 Å². The molecule has 0 aliphatic heterocycles. The van der Waals surface area contributed by atoms with Gasteiger partial charge in [-0.2, -0.15) is 5.26 Å². The third-order valence-electron chi connectivity index (χ3n) is 2.95. The zero-order chi connectivity index (χ0) is 16.1. The Morgan fingerprint density at radius 2 is 2.32 bits per heavy atom. The molecule has 114 valence electrons. The second-order valence-corrected chi connectivity index (χ2v) is 6.57. The first kappa shape index (κ1) is 16.3. The quantitative estimate of drug-likeness (QED) is 0.492. The average Bonchev–Trinajstić information content (AvgIpc) is 3.09. The van der Waals surface area contributed by atoms with Gasteiger partial charge >= 0.3 is 0 Å². The maximum Gasteiger partial charge on any atom is 0.191 e. The van der Waals surface area contributed by atoms with Gasteiger partial charge in [0.15, 0.2) is 10.9 Å². The van der Waals surface area contributed by atoms with E-state index in [-0.39, 0.29) is 22.8 Å². The summed E-state index contributed by atoms with van der Waals surface area (Å²) in [5.41, 5.74) is 5.77. The third-order valence-corrected chi connectivity index (χ3v) is 4.85. The molecular formula is C14H15N5OS2. The van der Waals surface area contributed by atoms with Crippen molar-refractivity contribution in [3.63, 3.8) is 0 Å². The predicted octanol–water partition coefficient (Wildman–Crippen LogP) is 1.88. The maximum atomic E-state index is 11.9. The van der Waals surface area contributed by atoms with E-state index < -0.39 is 0 Å². The summed E-state index contributed by atoms with van der Waals surface area (Å²) in [7, 11) is 1.87. The molecule has 2 aromatic heterocycles. The third kappa shape index (κ3) is 3.75. The number of carbonyl (C=O) groups is 1. The number of hydrogen-bond acceptors (Lipinski definition) is 7. The molecule has 0 aliphatic rings. The number of Topliss-reactive ketones (excluding diaryl/α,β-unsaturated/α-hetero) is 1. The van der Waals surface area contributed by atoms with Crippen LogP contribution in [-0.2, 0) is 18.3 Å². The molecule has 0 saturated heterocycles. The van der Waals surface area contributed by atoms with E-state index in [4.69, 9.17) is 11.0 Å². The number of nitriles is 1. The highest BCUT2D eigenvalue weighted by Gasteiger charge is 2.15. The number of thiophene rings is 1. The molecule has 2 aromatic rings. The van der Waals surface area contributed by atoms with Gasteiger partial charge in [0, 0.05) is 24.0 Å². The van der Waals surface area contributed by atoms with Gasteiger partial charge in [-0.25, -0.2) is 0 Å². The van der Waals surface area contributed by atoms with Crippen LogP contribution in [0, 0.1) is 11.3 Å². The van der Waals surface area contributed by atoms with Crippen molar-refractivity contribution in [2.45, 2.75) is 18.5 Å².